The van der Waals surface area contributed by atoms with Crippen LogP contribution in [0.4, 0.5) is 4.39 Å². The van der Waals surface area contributed by atoms with E-state index in [1.165, 1.54) is 30.4 Å². The van der Waals surface area contributed by atoms with Crippen molar-refractivity contribution in [2.75, 3.05) is 18.1 Å². The number of nitrogens with one attached hydrogen (secondary N) is 1. The van der Waals surface area contributed by atoms with Gasteiger partial charge >= 0.3 is 0 Å². The van der Waals surface area contributed by atoms with Crippen LogP contribution in [0, 0.1) is 11.7 Å². The quantitative estimate of drug-likeness (QED) is 0.848. The summed E-state index contributed by atoms with van der Waals surface area (Å²) >= 11 is 7.86. The van der Waals surface area contributed by atoms with Crippen LogP contribution in [0.5, 0.6) is 0 Å². The predicted molar refractivity (Wildman–Crippen MR) is 82.5 cm³/mol. The number of rotatable bonds is 5. The summed E-state index contributed by atoms with van der Waals surface area (Å²) in [7, 11) is 0. The smallest absolute Gasteiger partial charge is 0.129 e. The van der Waals surface area contributed by atoms with Crippen molar-refractivity contribution in [1.82, 2.24) is 5.32 Å². The van der Waals surface area contributed by atoms with Gasteiger partial charge in [0.15, 0.2) is 0 Å². The molecule has 0 aromatic heterocycles. The van der Waals surface area contributed by atoms with E-state index in [-0.39, 0.29) is 11.9 Å². The van der Waals surface area contributed by atoms with E-state index in [0.717, 1.165) is 18.5 Å². The Kier molecular flexibility index (Phi) is 5.99. The zero-order valence-electron chi connectivity index (χ0n) is 11.3. The van der Waals surface area contributed by atoms with Gasteiger partial charge in [-0.1, -0.05) is 24.6 Å². The van der Waals surface area contributed by atoms with Gasteiger partial charge in [-0.15, -0.1) is 0 Å². The lowest BCUT2D eigenvalue weighted by molar-refractivity contribution is 0.367. The Balaban J connectivity index is 2.09. The summed E-state index contributed by atoms with van der Waals surface area (Å²) in [6.45, 7) is 2.92. The summed E-state index contributed by atoms with van der Waals surface area (Å²) in [5.41, 5.74) is 0.754. The SMILES string of the molecule is CCNC(CC1CCSCC1)c1ccc(Cl)cc1F. The van der Waals surface area contributed by atoms with Crippen molar-refractivity contribution < 1.29 is 4.39 Å². The third-order valence-corrected chi connectivity index (χ3v) is 4.98. The van der Waals surface area contributed by atoms with Crippen LogP contribution < -0.4 is 5.32 Å². The van der Waals surface area contributed by atoms with E-state index >= 15 is 0 Å². The molecule has 0 amide bonds. The van der Waals surface area contributed by atoms with Crippen LogP contribution in [0.2, 0.25) is 5.02 Å². The van der Waals surface area contributed by atoms with E-state index in [1.54, 1.807) is 6.07 Å². The summed E-state index contributed by atoms with van der Waals surface area (Å²) in [6, 6.07) is 5.12. The number of hydrogen-bond acceptors (Lipinski definition) is 2. The molecule has 1 heterocycles. The second-order valence-electron chi connectivity index (χ2n) is 5.07. The van der Waals surface area contributed by atoms with Crippen LogP contribution in [0.3, 0.4) is 0 Å². The van der Waals surface area contributed by atoms with Crippen LogP contribution >= 0.6 is 23.4 Å². The Bertz CT molecular complexity index is 407. The molecular weight excluding hydrogens is 281 g/mol. The fourth-order valence-corrected chi connectivity index (χ4v) is 4.03. The maximum atomic E-state index is 14.0. The Labute approximate surface area is 124 Å². The molecular formula is C15H21ClFNS. The summed E-state index contributed by atoms with van der Waals surface area (Å²) < 4.78 is 14.0. The molecule has 1 aliphatic rings. The predicted octanol–water partition coefficient (Wildman–Crippen LogP) is 4.66. The van der Waals surface area contributed by atoms with Crippen molar-refractivity contribution >= 4 is 23.4 Å². The highest BCUT2D eigenvalue weighted by atomic mass is 35.5. The van der Waals surface area contributed by atoms with Gasteiger partial charge in [-0.3, -0.25) is 0 Å². The molecule has 0 aliphatic carbocycles. The van der Waals surface area contributed by atoms with E-state index in [4.69, 9.17) is 11.6 Å². The van der Waals surface area contributed by atoms with Gasteiger partial charge in [0.2, 0.25) is 0 Å². The maximum Gasteiger partial charge on any atom is 0.129 e. The first-order valence-electron chi connectivity index (χ1n) is 6.96. The van der Waals surface area contributed by atoms with Crippen molar-refractivity contribution in [3.05, 3.63) is 34.6 Å². The van der Waals surface area contributed by atoms with Crippen molar-refractivity contribution in [3.8, 4) is 0 Å². The number of halogens is 2. The standard InChI is InChI=1S/C15H21ClFNS/c1-2-18-15(9-11-5-7-19-8-6-11)13-4-3-12(16)10-14(13)17/h3-4,10-11,15,18H,2,5-9H2,1H3. The van der Waals surface area contributed by atoms with Crippen molar-refractivity contribution in [2.45, 2.75) is 32.2 Å². The van der Waals surface area contributed by atoms with Crippen LogP contribution in [-0.2, 0) is 0 Å². The van der Waals surface area contributed by atoms with Crippen molar-refractivity contribution in [2.24, 2.45) is 5.92 Å². The van der Waals surface area contributed by atoms with Gasteiger partial charge in [-0.2, -0.15) is 11.8 Å². The monoisotopic (exact) mass is 301 g/mol. The highest BCUT2D eigenvalue weighted by Gasteiger charge is 2.22. The van der Waals surface area contributed by atoms with Gasteiger partial charge < -0.3 is 5.32 Å². The first kappa shape index (κ1) is 15.1. The Morgan fingerprint density at radius 1 is 1.42 bits per heavy atom. The summed E-state index contributed by atoms with van der Waals surface area (Å²) in [5, 5.41) is 3.88. The lowest BCUT2D eigenvalue weighted by Crippen LogP contribution is -2.25. The molecule has 1 saturated heterocycles. The molecule has 2 rings (SSSR count). The largest absolute Gasteiger partial charge is 0.310 e. The lowest BCUT2D eigenvalue weighted by Gasteiger charge is -2.27. The minimum absolute atomic E-state index is 0.107. The average Bonchev–Trinajstić information content (AvgIpc) is 2.39. The Hall–Kier alpha value is -0.250. The van der Waals surface area contributed by atoms with Crippen molar-refractivity contribution in [1.29, 1.82) is 0 Å². The highest BCUT2D eigenvalue weighted by Crippen LogP contribution is 2.32. The zero-order valence-corrected chi connectivity index (χ0v) is 12.9. The van der Waals surface area contributed by atoms with E-state index < -0.39 is 0 Å². The zero-order chi connectivity index (χ0) is 13.7. The molecule has 1 aromatic rings. The second kappa shape index (κ2) is 7.51. The molecule has 106 valence electrons. The van der Waals surface area contributed by atoms with Crippen LogP contribution in [0.1, 0.15) is 37.8 Å². The third-order valence-electron chi connectivity index (χ3n) is 3.70. The molecule has 1 nitrogen and oxygen atoms in total. The number of thioether (sulfide) groups is 1. The third kappa shape index (κ3) is 4.37. The van der Waals surface area contributed by atoms with Crippen molar-refractivity contribution in [3.63, 3.8) is 0 Å². The van der Waals surface area contributed by atoms with Crippen LogP contribution in [0.25, 0.3) is 0 Å². The molecule has 0 bridgehead atoms. The molecule has 0 saturated carbocycles. The maximum absolute atomic E-state index is 14.0. The molecule has 0 radical (unpaired) electrons. The summed E-state index contributed by atoms with van der Waals surface area (Å²) in [5.74, 6) is 3.00. The topological polar surface area (TPSA) is 12.0 Å². The molecule has 0 spiro atoms. The molecule has 1 aliphatic heterocycles. The fourth-order valence-electron chi connectivity index (χ4n) is 2.67. The highest BCUT2D eigenvalue weighted by molar-refractivity contribution is 7.99. The normalized spacial score (nSPS) is 18.5. The second-order valence-corrected chi connectivity index (χ2v) is 6.73. The molecule has 1 fully saturated rings. The van der Waals surface area contributed by atoms with E-state index in [1.807, 2.05) is 17.8 Å². The summed E-state index contributed by atoms with van der Waals surface area (Å²) in [6.07, 6.45) is 3.52. The van der Waals surface area contributed by atoms with Gasteiger partial charge in [0.05, 0.1) is 0 Å². The van der Waals surface area contributed by atoms with Gasteiger partial charge in [-0.25, -0.2) is 4.39 Å². The van der Waals surface area contributed by atoms with Gasteiger partial charge in [0.25, 0.3) is 0 Å². The average molecular weight is 302 g/mol. The van der Waals surface area contributed by atoms with Crippen LogP contribution in [0.15, 0.2) is 18.2 Å². The summed E-state index contributed by atoms with van der Waals surface area (Å²) in [4.78, 5) is 0. The molecule has 19 heavy (non-hydrogen) atoms. The fraction of sp³-hybridized carbons (Fsp3) is 0.600. The Morgan fingerprint density at radius 3 is 2.79 bits per heavy atom. The minimum atomic E-state index is -0.191. The lowest BCUT2D eigenvalue weighted by atomic mass is 9.90. The van der Waals surface area contributed by atoms with E-state index in [2.05, 4.69) is 12.2 Å². The van der Waals surface area contributed by atoms with E-state index in [0.29, 0.717) is 10.9 Å². The molecule has 1 aromatic carbocycles. The molecule has 1 N–H and O–H groups in total. The van der Waals surface area contributed by atoms with Crippen LogP contribution in [-0.4, -0.2) is 18.1 Å². The number of hydrogen-bond donors (Lipinski definition) is 1. The molecule has 1 atom stereocenters. The Morgan fingerprint density at radius 2 is 2.16 bits per heavy atom. The van der Waals surface area contributed by atoms with Gasteiger partial charge in [0, 0.05) is 16.6 Å². The van der Waals surface area contributed by atoms with Gasteiger partial charge in [0.1, 0.15) is 5.82 Å². The number of benzene rings is 1. The van der Waals surface area contributed by atoms with E-state index in [9.17, 15) is 4.39 Å². The molecule has 4 heteroatoms. The minimum Gasteiger partial charge on any atom is -0.310 e. The first-order valence-corrected chi connectivity index (χ1v) is 8.50. The molecule has 1 unspecified atom stereocenters. The van der Waals surface area contributed by atoms with Gasteiger partial charge in [-0.05, 0) is 55.4 Å². The first-order chi connectivity index (χ1) is 9.20.